The molecule has 0 bridgehead atoms. The summed E-state index contributed by atoms with van der Waals surface area (Å²) in [6.45, 7) is 1.96. The van der Waals surface area contributed by atoms with Crippen LogP contribution in [0.25, 0.3) is 0 Å². The Labute approximate surface area is 114 Å². The van der Waals surface area contributed by atoms with Gasteiger partial charge >= 0.3 is 0 Å². The molecule has 1 aromatic heterocycles. The van der Waals surface area contributed by atoms with Gasteiger partial charge in [-0.3, -0.25) is 9.36 Å². The zero-order valence-electron chi connectivity index (χ0n) is 10.3. The molecule has 2 rings (SSSR count). The van der Waals surface area contributed by atoms with Crippen LogP contribution in [-0.4, -0.2) is 14.5 Å². The highest BCUT2D eigenvalue weighted by Crippen LogP contribution is 2.10. The largest absolute Gasteiger partial charge is 0.389 e. The molecule has 98 valence electrons. The van der Waals surface area contributed by atoms with E-state index in [1.807, 2.05) is 0 Å². The van der Waals surface area contributed by atoms with Gasteiger partial charge in [-0.2, -0.15) is 0 Å². The molecule has 1 heterocycles. The monoisotopic (exact) mass is 277 g/mol. The quantitative estimate of drug-likeness (QED) is 0.861. The van der Waals surface area contributed by atoms with Crippen molar-refractivity contribution in [2.75, 3.05) is 0 Å². The molecule has 19 heavy (non-hydrogen) atoms. The Bertz CT molecular complexity index is 697. The van der Waals surface area contributed by atoms with Crippen LogP contribution in [0.3, 0.4) is 0 Å². The molecular formula is C13H12FN3OS. The van der Waals surface area contributed by atoms with Gasteiger partial charge in [0.05, 0.1) is 12.9 Å². The summed E-state index contributed by atoms with van der Waals surface area (Å²) in [6.07, 6.45) is 1.43. The fourth-order valence-electron chi connectivity index (χ4n) is 1.72. The zero-order chi connectivity index (χ0) is 14.0. The number of hydrogen-bond donors (Lipinski definition) is 1. The second kappa shape index (κ2) is 5.27. The van der Waals surface area contributed by atoms with Gasteiger partial charge in [0, 0.05) is 17.3 Å². The topological polar surface area (TPSA) is 60.9 Å². The third kappa shape index (κ3) is 3.23. The molecule has 0 spiro atoms. The Morgan fingerprint density at radius 2 is 2.16 bits per heavy atom. The van der Waals surface area contributed by atoms with Gasteiger partial charge in [0.25, 0.3) is 5.56 Å². The maximum atomic E-state index is 13.4. The summed E-state index contributed by atoms with van der Waals surface area (Å²) >= 11 is 4.82. The van der Waals surface area contributed by atoms with E-state index in [9.17, 15) is 9.18 Å². The molecule has 4 nitrogen and oxygen atoms in total. The SMILES string of the molecule is Cc1cc(=O)n(Cc2cc(F)cc(C(N)=S)c2)cn1. The minimum Gasteiger partial charge on any atom is -0.389 e. The smallest absolute Gasteiger partial charge is 0.253 e. The molecule has 0 radical (unpaired) electrons. The predicted molar refractivity (Wildman–Crippen MR) is 74.6 cm³/mol. The van der Waals surface area contributed by atoms with Crippen LogP contribution in [0.1, 0.15) is 16.8 Å². The van der Waals surface area contributed by atoms with Gasteiger partial charge in [0.15, 0.2) is 0 Å². The van der Waals surface area contributed by atoms with Crippen LogP contribution in [0.4, 0.5) is 4.39 Å². The first-order valence-corrected chi connectivity index (χ1v) is 5.99. The van der Waals surface area contributed by atoms with E-state index in [0.29, 0.717) is 16.8 Å². The number of rotatable bonds is 3. The van der Waals surface area contributed by atoms with Crippen LogP contribution in [0.5, 0.6) is 0 Å². The van der Waals surface area contributed by atoms with Crippen molar-refractivity contribution in [1.82, 2.24) is 9.55 Å². The van der Waals surface area contributed by atoms with Gasteiger partial charge in [0.2, 0.25) is 0 Å². The lowest BCUT2D eigenvalue weighted by molar-refractivity contribution is 0.621. The van der Waals surface area contributed by atoms with Crippen LogP contribution in [0.15, 0.2) is 35.4 Å². The minimum absolute atomic E-state index is 0.120. The fraction of sp³-hybridized carbons (Fsp3) is 0.154. The first-order chi connectivity index (χ1) is 8.95. The average molecular weight is 277 g/mol. The molecule has 2 aromatic rings. The van der Waals surface area contributed by atoms with E-state index in [-0.39, 0.29) is 17.1 Å². The number of aryl methyl sites for hydroxylation is 1. The van der Waals surface area contributed by atoms with E-state index in [1.165, 1.54) is 29.1 Å². The normalized spacial score (nSPS) is 10.4. The third-order valence-corrected chi connectivity index (χ3v) is 2.85. The lowest BCUT2D eigenvalue weighted by atomic mass is 10.1. The molecule has 0 aliphatic heterocycles. The number of aromatic nitrogens is 2. The van der Waals surface area contributed by atoms with Crippen molar-refractivity contribution < 1.29 is 4.39 Å². The van der Waals surface area contributed by atoms with Crippen molar-refractivity contribution in [3.05, 3.63) is 63.6 Å². The molecule has 0 fully saturated rings. The number of nitrogens with two attached hydrogens (primary N) is 1. The summed E-state index contributed by atoms with van der Waals surface area (Å²) in [4.78, 5) is 15.9. The van der Waals surface area contributed by atoms with Crippen molar-refractivity contribution in [3.8, 4) is 0 Å². The molecule has 0 unspecified atom stereocenters. The second-order valence-electron chi connectivity index (χ2n) is 4.21. The van der Waals surface area contributed by atoms with Crippen LogP contribution in [0, 0.1) is 12.7 Å². The lowest BCUT2D eigenvalue weighted by Gasteiger charge is -2.07. The number of halogens is 1. The third-order valence-electron chi connectivity index (χ3n) is 2.61. The predicted octanol–water partition coefficient (Wildman–Crippen LogP) is 1.37. The molecule has 6 heteroatoms. The maximum absolute atomic E-state index is 13.4. The van der Waals surface area contributed by atoms with E-state index < -0.39 is 5.82 Å². The van der Waals surface area contributed by atoms with Crippen molar-refractivity contribution in [3.63, 3.8) is 0 Å². The second-order valence-corrected chi connectivity index (χ2v) is 4.65. The van der Waals surface area contributed by atoms with Crippen LogP contribution < -0.4 is 11.3 Å². The molecule has 0 aliphatic carbocycles. The summed E-state index contributed by atoms with van der Waals surface area (Å²) in [7, 11) is 0. The first-order valence-electron chi connectivity index (χ1n) is 5.58. The Morgan fingerprint density at radius 3 is 2.79 bits per heavy atom. The maximum Gasteiger partial charge on any atom is 0.253 e. The molecule has 0 saturated carbocycles. The average Bonchev–Trinajstić information content (AvgIpc) is 2.32. The molecular weight excluding hydrogens is 265 g/mol. The lowest BCUT2D eigenvalue weighted by Crippen LogP contribution is -2.21. The van der Waals surface area contributed by atoms with Crippen molar-refractivity contribution >= 4 is 17.2 Å². The van der Waals surface area contributed by atoms with Crippen LogP contribution in [-0.2, 0) is 6.54 Å². The highest BCUT2D eigenvalue weighted by atomic mass is 32.1. The van der Waals surface area contributed by atoms with E-state index in [0.717, 1.165) is 0 Å². The van der Waals surface area contributed by atoms with E-state index in [4.69, 9.17) is 18.0 Å². The summed E-state index contributed by atoms with van der Waals surface area (Å²) in [5.74, 6) is -0.437. The van der Waals surface area contributed by atoms with Crippen LogP contribution >= 0.6 is 12.2 Å². The van der Waals surface area contributed by atoms with Crippen molar-refractivity contribution in [2.24, 2.45) is 5.73 Å². The summed E-state index contributed by atoms with van der Waals surface area (Å²) in [5.41, 5.74) is 6.98. The van der Waals surface area contributed by atoms with Crippen LogP contribution in [0.2, 0.25) is 0 Å². The van der Waals surface area contributed by atoms with E-state index in [1.54, 1.807) is 13.0 Å². The van der Waals surface area contributed by atoms with Crippen molar-refractivity contribution in [2.45, 2.75) is 13.5 Å². The Balaban J connectivity index is 2.38. The van der Waals surface area contributed by atoms with Gasteiger partial charge in [-0.05, 0) is 30.7 Å². The molecule has 1 aromatic carbocycles. The Morgan fingerprint density at radius 1 is 1.42 bits per heavy atom. The fourth-order valence-corrected chi connectivity index (χ4v) is 1.83. The van der Waals surface area contributed by atoms with E-state index >= 15 is 0 Å². The highest BCUT2D eigenvalue weighted by molar-refractivity contribution is 7.80. The van der Waals surface area contributed by atoms with Gasteiger partial charge in [-0.15, -0.1) is 0 Å². The van der Waals surface area contributed by atoms with Gasteiger partial charge in [-0.25, -0.2) is 9.37 Å². The Hall–Kier alpha value is -2.08. The molecule has 0 aliphatic rings. The number of benzene rings is 1. The number of thiocarbonyl (C=S) groups is 1. The molecule has 0 saturated heterocycles. The van der Waals surface area contributed by atoms with Crippen molar-refractivity contribution in [1.29, 1.82) is 0 Å². The standard InChI is InChI=1S/C13H12FN3OS/c1-8-2-12(18)17(7-16-8)6-9-3-10(13(15)19)5-11(14)4-9/h2-5,7H,6H2,1H3,(H2,15,19). The molecule has 2 N–H and O–H groups in total. The molecule has 0 atom stereocenters. The first kappa shape index (κ1) is 13.4. The number of nitrogens with zero attached hydrogens (tertiary/aromatic N) is 2. The zero-order valence-corrected chi connectivity index (χ0v) is 11.1. The summed E-state index contributed by atoms with van der Waals surface area (Å²) in [6, 6.07) is 5.70. The summed E-state index contributed by atoms with van der Waals surface area (Å²) in [5, 5.41) is 0. The van der Waals surface area contributed by atoms with Gasteiger partial charge in [0.1, 0.15) is 10.8 Å². The van der Waals surface area contributed by atoms with Gasteiger partial charge < -0.3 is 5.73 Å². The van der Waals surface area contributed by atoms with E-state index in [2.05, 4.69) is 4.98 Å². The van der Waals surface area contributed by atoms with Gasteiger partial charge in [-0.1, -0.05) is 12.2 Å². The molecule has 0 amide bonds. The number of hydrogen-bond acceptors (Lipinski definition) is 3. The minimum atomic E-state index is -0.437. The summed E-state index contributed by atoms with van der Waals surface area (Å²) < 4.78 is 14.8. The Kier molecular flexibility index (Phi) is 3.71. The highest BCUT2D eigenvalue weighted by Gasteiger charge is 2.05.